The van der Waals surface area contributed by atoms with E-state index in [1.54, 1.807) is 0 Å². The van der Waals surface area contributed by atoms with Crippen LogP contribution in [0.2, 0.25) is 0 Å². The van der Waals surface area contributed by atoms with Crippen molar-refractivity contribution in [1.82, 2.24) is 10.2 Å². The first kappa shape index (κ1) is 16.3. The minimum Gasteiger partial charge on any atom is -0.342 e. The highest BCUT2D eigenvalue weighted by atomic mass is 16.2. The molecular weight excluding hydrogens is 264 g/mol. The SMILES string of the molecule is CCC(C)C1NC(=O)C2(CCCC2)N(CCC(C)C)C1=O. The van der Waals surface area contributed by atoms with Crippen molar-refractivity contribution in [3.63, 3.8) is 0 Å². The van der Waals surface area contributed by atoms with Gasteiger partial charge in [0.25, 0.3) is 0 Å². The van der Waals surface area contributed by atoms with Crippen molar-refractivity contribution in [2.75, 3.05) is 6.54 Å². The molecule has 2 fully saturated rings. The van der Waals surface area contributed by atoms with E-state index in [0.29, 0.717) is 5.92 Å². The molecule has 2 amide bonds. The summed E-state index contributed by atoms with van der Waals surface area (Å²) in [7, 11) is 0. The molecule has 1 aliphatic carbocycles. The molecule has 1 aliphatic heterocycles. The zero-order valence-corrected chi connectivity index (χ0v) is 13.9. The van der Waals surface area contributed by atoms with E-state index >= 15 is 0 Å². The Morgan fingerprint density at radius 2 is 1.86 bits per heavy atom. The van der Waals surface area contributed by atoms with Crippen LogP contribution < -0.4 is 5.32 Å². The molecule has 120 valence electrons. The van der Waals surface area contributed by atoms with Crippen molar-refractivity contribution in [2.24, 2.45) is 11.8 Å². The normalized spacial score (nSPS) is 26.5. The van der Waals surface area contributed by atoms with E-state index in [2.05, 4.69) is 33.0 Å². The summed E-state index contributed by atoms with van der Waals surface area (Å²) in [5, 5.41) is 3.04. The maximum Gasteiger partial charge on any atom is 0.246 e. The van der Waals surface area contributed by atoms with Gasteiger partial charge in [0, 0.05) is 6.54 Å². The van der Waals surface area contributed by atoms with Crippen molar-refractivity contribution >= 4 is 11.8 Å². The smallest absolute Gasteiger partial charge is 0.246 e. The van der Waals surface area contributed by atoms with Crippen LogP contribution in [0.1, 0.15) is 66.2 Å². The molecule has 2 unspecified atom stereocenters. The molecule has 4 nitrogen and oxygen atoms in total. The maximum absolute atomic E-state index is 13.0. The molecule has 1 saturated carbocycles. The van der Waals surface area contributed by atoms with Crippen LogP contribution >= 0.6 is 0 Å². The zero-order chi connectivity index (χ0) is 15.6. The first-order valence-corrected chi connectivity index (χ1v) is 8.55. The number of carbonyl (C=O) groups excluding carboxylic acids is 2. The van der Waals surface area contributed by atoms with Gasteiger partial charge in [0.2, 0.25) is 11.8 Å². The highest BCUT2D eigenvalue weighted by Crippen LogP contribution is 2.39. The van der Waals surface area contributed by atoms with E-state index < -0.39 is 5.54 Å². The highest BCUT2D eigenvalue weighted by molar-refractivity contribution is 6.00. The van der Waals surface area contributed by atoms with Gasteiger partial charge in [-0.15, -0.1) is 0 Å². The monoisotopic (exact) mass is 294 g/mol. The standard InChI is InChI=1S/C17H30N2O2/c1-5-13(4)14-15(20)19(11-8-12(2)3)17(16(21)18-14)9-6-7-10-17/h12-14H,5-11H2,1-4H3,(H,18,21). The number of piperazine rings is 1. The van der Waals surface area contributed by atoms with Crippen LogP contribution in [0, 0.1) is 11.8 Å². The van der Waals surface area contributed by atoms with Gasteiger partial charge in [0.05, 0.1) is 0 Å². The van der Waals surface area contributed by atoms with Gasteiger partial charge in [0.1, 0.15) is 11.6 Å². The fraction of sp³-hybridized carbons (Fsp3) is 0.882. The second-order valence-corrected chi connectivity index (χ2v) is 7.25. The summed E-state index contributed by atoms with van der Waals surface area (Å²) in [5.74, 6) is 0.977. The minimum atomic E-state index is -0.546. The Hall–Kier alpha value is -1.06. The topological polar surface area (TPSA) is 49.4 Å². The van der Waals surface area contributed by atoms with E-state index in [4.69, 9.17) is 0 Å². The lowest BCUT2D eigenvalue weighted by Crippen LogP contribution is -2.71. The Bertz CT molecular complexity index is 400. The van der Waals surface area contributed by atoms with E-state index in [1.165, 1.54) is 0 Å². The Labute approximate surface area is 128 Å². The second-order valence-electron chi connectivity index (χ2n) is 7.25. The Morgan fingerprint density at radius 3 is 2.38 bits per heavy atom. The Kier molecular flexibility index (Phi) is 4.95. The quantitative estimate of drug-likeness (QED) is 0.847. The summed E-state index contributed by atoms with van der Waals surface area (Å²) < 4.78 is 0. The molecule has 21 heavy (non-hydrogen) atoms. The summed E-state index contributed by atoms with van der Waals surface area (Å²) in [4.78, 5) is 27.6. The van der Waals surface area contributed by atoms with Crippen LogP contribution in [0.4, 0.5) is 0 Å². The van der Waals surface area contributed by atoms with Gasteiger partial charge in [-0.2, -0.15) is 0 Å². The fourth-order valence-electron chi connectivity index (χ4n) is 3.63. The molecule has 1 saturated heterocycles. The van der Waals surface area contributed by atoms with Crippen LogP contribution in [-0.4, -0.2) is 34.8 Å². The first-order chi connectivity index (χ1) is 9.92. The van der Waals surface area contributed by atoms with Gasteiger partial charge in [0.15, 0.2) is 0 Å². The molecule has 2 rings (SSSR count). The number of rotatable bonds is 5. The minimum absolute atomic E-state index is 0.0913. The Morgan fingerprint density at radius 1 is 1.24 bits per heavy atom. The third kappa shape index (κ3) is 2.95. The second kappa shape index (κ2) is 6.37. The van der Waals surface area contributed by atoms with E-state index in [9.17, 15) is 9.59 Å². The van der Waals surface area contributed by atoms with Crippen LogP contribution in [0.3, 0.4) is 0 Å². The summed E-state index contributed by atoms with van der Waals surface area (Å²) in [6, 6.07) is -0.333. The van der Waals surface area contributed by atoms with Crippen LogP contribution in [0.15, 0.2) is 0 Å². The predicted molar refractivity (Wildman–Crippen MR) is 83.8 cm³/mol. The average Bonchev–Trinajstić information content (AvgIpc) is 2.92. The van der Waals surface area contributed by atoms with E-state index in [0.717, 1.165) is 45.1 Å². The van der Waals surface area contributed by atoms with Gasteiger partial charge in [-0.05, 0) is 31.1 Å². The summed E-state index contributed by atoms with van der Waals surface area (Å²) in [6.45, 7) is 9.18. The van der Waals surface area contributed by atoms with Crippen LogP contribution in [0.25, 0.3) is 0 Å². The third-order valence-corrected chi connectivity index (χ3v) is 5.33. The number of nitrogens with zero attached hydrogens (tertiary/aromatic N) is 1. The van der Waals surface area contributed by atoms with Crippen molar-refractivity contribution in [2.45, 2.75) is 77.8 Å². The van der Waals surface area contributed by atoms with Gasteiger partial charge in [-0.25, -0.2) is 0 Å². The van der Waals surface area contributed by atoms with Crippen molar-refractivity contribution in [1.29, 1.82) is 0 Å². The average molecular weight is 294 g/mol. The molecule has 4 heteroatoms. The fourth-order valence-corrected chi connectivity index (χ4v) is 3.63. The summed E-state index contributed by atoms with van der Waals surface area (Å²) >= 11 is 0. The molecule has 0 radical (unpaired) electrons. The van der Waals surface area contributed by atoms with Crippen molar-refractivity contribution in [3.8, 4) is 0 Å². The lowest BCUT2D eigenvalue weighted by atomic mass is 9.85. The highest BCUT2D eigenvalue weighted by Gasteiger charge is 2.54. The largest absolute Gasteiger partial charge is 0.342 e. The molecule has 0 aromatic rings. The molecule has 0 bridgehead atoms. The van der Waals surface area contributed by atoms with E-state index in [1.807, 2.05) is 4.90 Å². The zero-order valence-electron chi connectivity index (χ0n) is 13.9. The van der Waals surface area contributed by atoms with Gasteiger partial charge >= 0.3 is 0 Å². The third-order valence-electron chi connectivity index (χ3n) is 5.33. The molecule has 1 N–H and O–H groups in total. The summed E-state index contributed by atoms with van der Waals surface area (Å²) in [5.41, 5.74) is -0.546. The van der Waals surface area contributed by atoms with Gasteiger partial charge < -0.3 is 10.2 Å². The lowest BCUT2D eigenvalue weighted by molar-refractivity contribution is -0.159. The molecular formula is C17H30N2O2. The van der Waals surface area contributed by atoms with Gasteiger partial charge in [-0.1, -0.05) is 47.0 Å². The summed E-state index contributed by atoms with van der Waals surface area (Å²) in [6.07, 6.45) is 5.63. The first-order valence-electron chi connectivity index (χ1n) is 8.55. The molecule has 1 heterocycles. The lowest BCUT2D eigenvalue weighted by Gasteiger charge is -2.47. The molecule has 0 aromatic heterocycles. The molecule has 0 aromatic carbocycles. The number of carbonyl (C=O) groups is 2. The van der Waals surface area contributed by atoms with E-state index in [-0.39, 0.29) is 23.8 Å². The van der Waals surface area contributed by atoms with Gasteiger partial charge in [-0.3, -0.25) is 9.59 Å². The molecule has 2 aliphatic rings. The number of hydrogen-bond donors (Lipinski definition) is 1. The predicted octanol–water partition coefficient (Wildman–Crippen LogP) is 2.72. The number of amides is 2. The van der Waals surface area contributed by atoms with Crippen LogP contribution in [0.5, 0.6) is 0 Å². The van der Waals surface area contributed by atoms with Crippen molar-refractivity contribution < 1.29 is 9.59 Å². The number of nitrogens with one attached hydrogen (secondary N) is 1. The Balaban J connectivity index is 2.26. The maximum atomic E-state index is 13.0. The molecule has 2 atom stereocenters. The van der Waals surface area contributed by atoms with Crippen molar-refractivity contribution in [3.05, 3.63) is 0 Å². The van der Waals surface area contributed by atoms with Crippen LogP contribution in [-0.2, 0) is 9.59 Å². The molecule has 1 spiro atoms. The number of hydrogen-bond acceptors (Lipinski definition) is 2.